The van der Waals surface area contributed by atoms with Gasteiger partial charge in [0.15, 0.2) is 0 Å². The zero-order valence-electron chi connectivity index (χ0n) is 27.5. The molecule has 0 unspecified atom stereocenters. The molecule has 0 heterocycles. The number of para-hydroxylation sites is 1. The molecule has 0 fully saturated rings. The highest BCUT2D eigenvalue weighted by atomic mass is 32.2. The summed E-state index contributed by atoms with van der Waals surface area (Å²) in [6.45, 7) is 10.1. The summed E-state index contributed by atoms with van der Waals surface area (Å²) in [5.41, 5.74) is 3.52. The van der Waals surface area contributed by atoms with Gasteiger partial charge in [-0.1, -0.05) is 129 Å². The van der Waals surface area contributed by atoms with Crippen LogP contribution in [0.4, 0.5) is 10.5 Å². The Morgan fingerprint density at radius 2 is 1.20 bits per heavy atom. The van der Waals surface area contributed by atoms with Crippen LogP contribution in [0.15, 0.2) is 121 Å². The smallest absolute Gasteiger partial charge is 0.407 e. The number of alkyl carbamates (subject to hydrolysis) is 1. The third-order valence-electron chi connectivity index (χ3n) is 7.88. The first-order valence-corrected chi connectivity index (χ1v) is 17.0. The Balaban J connectivity index is 1.67. The van der Waals surface area contributed by atoms with Crippen LogP contribution in [-0.2, 0) is 14.3 Å². The summed E-state index contributed by atoms with van der Waals surface area (Å²) in [7, 11) is 0. The molecule has 2 amide bonds. The largest absolute Gasteiger partial charge is 0.444 e. The summed E-state index contributed by atoms with van der Waals surface area (Å²) >= 11 is 1.76. The molecule has 0 saturated heterocycles. The van der Waals surface area contributed by atoms with Crippen LogP contribution in [0.25, 0.3) is 0 Å². The van der Waals surface area contributed by atoms with Gasteiger partial charge in [0, 0.05) is 18.0 Å². The maximum absolute atomic E-state index is 13.5. The maximum Gasteiger partial charge on any atom is 0.407 e. The Hall–Kier alpha value is -4.07. The SMILES string of the molecule is CC[C@H](C)[C@H](NC[C@H](CSC(c1ccccc1)(c1ccccc1)c1ccccc1)NC(=O)OC(C)(C)C)C(=O)Nc1ccccc1. The van der Waals surface area contributed by atoms with Gasteiger partial charge in [-0.05, 0) is 55.5 Å². The van der Waals surface area contributed by atoms with Crippen LogP contribution in [0.3, 0.4) is 0 Å². The van der Waals surface area contributed by atoms with Crippen LogP contribution in [0.1, 0.15) is 57.7 Å². The van der Waals surface area contributed by atoms with E-state index >= 15 is 0 Å². The van der Waals surface area contributed by atoms with Crippen molar-refractivity contribution in [1.82, 2.24) is 10.6 Å². The zero-order valence-corrected chi connectivity index (χ0v) is 28.3. The fourth-order valence-electron chi connectivity index (χ4n) is 5.42. The normalized spacial score (nSPS) is 13.7. The molecule has 4 aromatic rings. The van der Waals surface area contributed by atoms with Gasteiger partial charge in [0.05, 0.1) is 16.8 Å². The monoisotopic (exact) mass is 637 g/mol. The minimum Gasteiger partial charge on any atom is -0.444 e. The zero-order chi connectivity index (χ0) is 33.0. The molecular formula is C39H47N3O3S. The Morgan fingerprint density at radius 1 is 0.739 bits per heavy atom. The Kier molecular flexibility index (Phi) is 12.5. The molecule has 0 saturated carbocycles. The topological polar surface area (TPSA) is 79.5 Å². The van der Waals surface area contributed by atoms with E-state index in [1.165, 1.54) is 0 Å². The highest BCUT2D eigenvalue weighted by Gasteiger charge is 2.38. The van der Waals surface area contributed by atoms with Gasteiger partial charge in [0.1, 0.15) is 5.60 Å². The lowest BCUT2D eigenvalue weighted by molar-refractivity contribution is -0.119. The fourth-order valence-corrected chi connectivity index (χ4v) is 6.98. The van der Waals surface area contributed by atoms with E-state index in [2.05, 4.69) is 103 Å². The molecule has 0 aliphatic rings. The predicted octanol–water partition coefficient (Wildman–Crippen LogP) is 8.25. The minimum absolute atomic E-state index is 0.0654. The molecular weight excluding hydrogens is 591 g/mol. The second kappa shape index (κ2) is 16.5. The molecule has 4 rings (SSSR count). The number of ether oxygens (including phenoxy) is 1. The van der Waals surface area contributed by atoms with Gasteiger partial charge < -0.3 is 20.7 Å². The minimum atomic E-state index is -0.647. The standard InChI is InChI=1S/C39H47N3O3S/c1-6-29(2)35(36(43)41-33-25-17-10-18-26-33)40-27-34(42-37(44)45-38(3,4)5)28-46-39(30-19-11-7-12-20-30,31-21-13-8-14-22-31)32-23-15-9-16-24-32/h7-26,29,34-35,40H,6,27-28H2,1-5H3,(H,41,43)(H,42,44)/t29-,34+,35-/m0/s1. The van der Waals surface area contributed by atoms with Crippen molar-refractivity contribution in [2.45, 2.75) is 63.5 Å². The van der Waals surface area contributed by atoms with E-state index in [-0.39, 0.29) is 17.9 Å². The van der Waals surface area contributed by atoms with E-state index in [1.54, 1.807) is 11.8 Å². The second-order valence-electron chi connectivity index (χ2n) is 12.6. The van der Waals surface area contributed by atoms with E-state index in [1.807, 2.05) is 69.3 Å². The lowest BCUT2D eigenvalue weighted by Gasteiger charge is -2.37. The number of carbonyl (C=O) groups excluding carboxylic acids is 2. The quantitative estimate of drug-likeness (QED) is 0.121. The second-order valence-corrected chi connectivity index (χ2v) is 13.8. The first kappa shape index (κ1) is 34.8. The van der Waals surface area contributed by atoms with Crippen LogP contribution in [0.5, 0.6) is 0 Å². The molecule has 4 aromatic carbocycles. The number of amides is 2. The van der Waals surface area contributed by atoms with E-state index in [4.69, 9.17) is 4.74 Å². The van der Waals surface area contributed by atoms with Crippen molar-refractivity contribution in [3.05, 3.63) is 138 Å². The van der Waals surface area contributed by atoms with Gasteiger partial charge in [-0.15, -0.1) is 11.8 Å². The average molecular weight is 638 g/mol. The van der Waals surface area contributed by atoms with Crippen LogP contribution in [0.2, 0.25) is 0 Å². The molecule has 0 spiro atoms. The van der Waals surface area contributed by atoms with Gasteiger partial charge >= 0.3 is 6.09 Å². The number of benzene rings is 4. The molecule has 3 atom stereocenters. The van der Waals surface area contributed by atoms with E-state index in [0.717, 1.165) is 28.8 Å². The molecule has 0 aromatic heterocycles. The molecule has 242 valence electrons. The Labute approximate surface area is 278 Å². The third-order valence-corrected chi connectivity index (χ3v) is 9.59. The van der Waals surface area contributed by atoms with Crippen molar-refractivity contribution >= 4 is 29.4 Å². The molecule has 0 aliphatic carbocycles. The molecule has 0 bridgehead atoms. The van der Waals surface area contributed by atoms with Crippen molar-refractivity contribution in [3.63, 3.8) is 0 Å². The van der Waals surface area contributed by atoms with E-state index < -0.39 is 22.5 Å². The van der Waals surface area contributed by atoms with Crippen molar-refractivity contribution in [2.24, 2.45) is 5.92 Å². The van der Waals surface area contributed by atoms with Crippen molar-refractivity contribution < 1.29 is 14.3 Å². The number of thioether (sulfide) groups is 1. The van der Waals surface area contributed by atoms with Crippen molar-refractivity contribution in [2.75, 3.05) is 17.6 Å². The average Bonchev–Trinajstić information content (AvgIpc) is 3.06. The number of carbonyl (C=O) groups is 2. The lowest BCUT2D eigenvalue weighted by atomic mass is 9.84. The van der Waals surface area contributed by atoms with Gasteiger partial charge in [-0.25, -0.2) is 4.79 Å². The third kappa shape index (κ3) is 9.47. The summed E-state index contributed by atoms with van der Waals surface area (Å²) < 4.78 is 5.13. The Bertz CT molecular complexity index is 1400. The number of hydrogen-bond donors (Lipinski definition) is 3. The molecule has 3 N–H and O–H groups in total. The summed E-state index contributed by atoms with van der Waals surface area (Å²) in [6, 6.07) is 40.1. The number of rotatable bonds is 14. The summed E-state index contributed by atoms with van der Waals surface area (Å²) in [5.74, 6) is 0.505. The van der Waals surface area contributed by atoms with Crippen LogP contribution >= 0.6 is 11.8 Å². The van der Waals surface area contributed by atoms with Crippen LogP contribution in [-0.4, -0.2) is 42.0 Å². The number of anilines is 1. The highest BCUT2D eigenvalue weighted by Crippen LogP contribution is 2.48. The number of hydrogen-bond acceptors (Lipinski definition) is 5. The van der Waals surface area contributed by atoms with Gasteiger partial charge in [-0.2, -0.15) is 0 Å². The van der Waals surface area contributed by atoms with E-state index in [9.17, 15) is 9.59 Å². The van der Waals surface area contributed by atoms with Crippen LogP contribution < -0.4 is 16.0 Å². The van der Waals surface area contributed by atoms with Gasteiger partial charge in [-0.3, -0.25) is 4.79 Å². The molecule has 0 radical (unpaired) electrons. The molecule has 46 heavy (non-hydrogen) atoms. The first-order valence-electron chi connectivity index (χ1n) is 16.0. The molecule has 6 nitrogen and oxygen atoms in total. The summed E-state index contributed by atoms with van der Waals surface area (Å²) in [6.07, 6.45) is 0.330. The fraction of sp³-hybridized carbons (Fsp3) is 0.333. The summed E-state index contributed by atoms with van der Waals surface area (Å²) in [4.78, 5) is 26.7. The van der Waals surface area contributed by atoms with Crippen molar-refractivity contribution in [3.8, 4) is 0 Å². The first-order chi connectivity index (χ1) is 22.1. The summed E-state index contributed by atoms with van der Waals surface area (Å²) in [5, 5.41) is 9.70. The lowest BCUT2D eigenvalue weighted by Crippen LogP contribution is -2.52. The van der Waals surface area contributed by atoms with E-state index in [0.29, 0.717) is 12.3 Å². The molecule has 7 heteroatoms. The van der Waals surface area contributed by atoms with Crippen molar-refractivity contribution in [1.29, 1.82) is 0 Å². The van der Waals surface area contributed by atoms with Crippen LogP contribution in [0, 0.1) is 5.92 Å². The maximum atomic E-state index is 13.5. The van der Waals surface area contributed by atoms with Gasteiger partial charge in [0.2, 0.25) is 5.91 Å². The highest BCUT2D eigenvalue weighted by molar-refractivity contribution is 8.00. The number of nitrogens with one attached hydrogen (secondary N) is 3. The Morgan fingerprint density at radius 3 is 1.63 bits per heavy atom. The molecule has 0 aliphatic heterocycles. The van der Waals surface area contributed by atoms with Gasteiger partial charge in [0.25, 0.3) is 0 Å². The predicted molar refractivity (Wildman–Crippen MR) is 191 cm³/mol.